The monoisotopic (exact) mass is 303 g/mol. The molecule has 108 valence electrons. The first kappa shape index (κ1) is 13.8. The number of aromatic nitrogens is 2. The summed E-state index contributed by atoms with van der Waals surface area (Å²) >= 11 is 1.30. The number of carbonyl (C=O) groups excluding carboxylic acids is 1. The van der Waals surface area contributed by atoms with Crippen molar-refractivity contribution in [3.8, 4) is 0 Å². The average Bonchev–Trinajstić information content (AvgIpc) is 3.04. The summed E-state index contributed by atoms with van der Waals surface area (Å²) in [6.45, 7) is 3.76. The molecule has 0 atom stereocenters. The van der Waals surface area contributed by atoms with Crippen LogP contribution >= 0.6 is 11.3 Å². The van der Waals surface area contributed by atoms with Gasteiger partial charge in [0.05, 0.1) is 11.1 Å². The van der Waals surface area contributed by atoms with E-state index in [2.05, 4.69) is 15.5 Å². The van der Waals surface area contributed by atoms with Gasteiger partial charge in [-0.3, -0.25) is 9.89 Å². The highest BCUT2D eigenvalue weighted by Gasteiger charge is 2.18. The average molecular weight is 303 g/mol. The van der Waals surface area contributed by atoms with Crippen molar-refractivity contribution in [2.45, 2.75) is 20.3 Å². The molecule has 0 radical (unpaired) electrons. The first-order valence-electron chi connectivity index (χ1n) is 6.63. The SMILES string of the molecule is CCc1cn[nH]c1NC(=O)c1sc2cccc(F)c2c1C. The molecular formula is C15H14FN3OS. The van der Waals surface area contributed by atoms with Crippen LogP contribution in [0, 0.1) is 12.7 Å². The molecule has 0 bridgehead atoms. The number of amides is 1. The van der Waals surface area contributed by atoms with Crippen molar-refractivity contribution in [1.82, 2.24) is 10.2 Å². The van der Waals surface area contributed by atoms with E-state index in [1.165, 1.54) is 17.4 Å². The number of aromatic amines is 1. The van der Waals surface area contributed by atoms with Crippen molar-refractivity contribution in [2.75, 3.05) is 5.32 Å². The molecule has 21 heavy (non-hydrogen) atoms. The summed E-state index contributed by atoms with van der Waals surface area (Å²) in [7, 11) is 0. The number of nitrogens with zero attached hydrogens (tertiary/aromatic N) is 1. The Labute approximate surface area is 125 Å². The maximum atomic E-state index is 13.9. The van der Waals surface area contributed by atoms with E-state index in [4.69, 9.17) is 0 Å². The second-order valence-electron chi connectivity index (χ2n) is 4.75. The largest absolute Gasteiger partial charge is 0.306 e. The van der Waals surface area contributed by atoms with E-state index in [9.17, 15) is 9.18 Å². The third kappa shape index (κ3) is 2.31. The predicted octanol–water partition coefficient (Wildman–Crippen LogP) is 3.89. The number of hydrogen-bond donors (Lipinski definition) is 2. The Morgan fingerprint density at radius 2 is 2.29 bits per heavy atom. The summed E-state index contributed by atoms with van der Waals surface area (Å²) in [6, 6.07) is 4.88. The molecule has 2 aromatic heterocycles. The number of rotatable bonds is 3. The summed E-state index contributed by atoms with van der Waals surface area (Å²) in [5, 5.41) is 10.0. The molecule has 1 aromatic carbocycles. The van der Waals surface area contributed by atoms with Crippen molar-refractivity contribution < 1.29 is 9.18 Å². The fraction of sp³-hybridized carbons (Fsp3) is 0.200. The van der Waals surface area contributed by atoms with Crippen LogP contribution in [0.25, 0.3) is 10.1 Å². The molecule has 3 rings (SSSR count). The topological polar surface area (TPSA) is 57.8 Å². The number of aryl methyl sites for hydroxylation is 2. The number of H-pyrrole nitrogens is 1. The minimum Gasteiger partial charge on any atom is -0.306 e. The summed E-state index contributed by atoms with van der Waals surface area (Å²) < 4.78 is 14.7. The summed E-state index contributed by atoms with van der Waals surface area (Å²) in [5.41, 5.74) is 1.61. The molecule has 0 aliphatic rings. The third-order valence-corrected chi connectivity index (χ3v) is 4.70. The van der Waals surface area contributed by atoms with Crippen molar-refractivity contribution >= 4 is 33.1 Å². The molecule has 2 N–H and O–H groups in total. The Balaban J connectivity index is 1.99. The number of thiophene rings is 1. The lowest BCUT2D eigenvalue weighted by atomic mass is 10.1. The van der Waals surface area contributed by atoms with E-state index < -0.39 is 0 Å². The van der Waals surface area contributed by atoms with Gasteiger partial charge in [0.15, 0.2) is 0 Å². The number of nitrogens with one attached hydrogen (secondary N) is 2. The molecule has 0 spiro atoms. The highest BCUT2D eigenvalue weighted by Crippen LogP contribution is 2.33. The first-order chi connectivity index (χ1) is 10.1. The Kier molecular flexibility index (Phi) is 3.47. The first-order valence-corrected chi connectivity index (χ1v) is 7.44. The molecule has 0 unspecified atom stereocenters. The van der Waals surface area contributed by atoms with E-state index in [0.29, 0.717) is 21.6 Å². The Hall–Kier alpha value is -2.21. The van der Waals surface area contributed by atoms with Gasteiger partial charge < -0.3 is 5.32 Å². The van der Waals surface area contributed by atoms with Crippen LogP contribution in [0.2, 0.25) is 0 Å². The second-order valence-corrected chi connectivity index (χ2v) is 5.80. The van der Waals surface area contributed by atoms with Gasteiger partial charge in [-0.2, -0.15) is 5.10 Å². The number of fused-ring (bicyclic) bond motifs is 1. The molecule has 0 saturated heterocycles. The molecule has 0 fully saturated rings. The van der Waals surface area contributed by atoms with Gasteiger partial charge in [0.1, 0.15) is 11.6 Å². The number of carbonyl (C=O) groups is 1. The number of anilines is 1. The van der Waals surface area contributed by atoms with Crippen molar-refractivity contribution in [2.24, 2.45) is 0 Å². The molecule has 6 heteroatoms. The normalized spacial score (nSPS) is 11.0. The molecule has 0 aliphatic carbocycles. The standard InChI is InChI=1S/C15H14FN3OS/c1-3-9-7-17-19-14(9)18-15(20)13-8(2)12-10(16)5-4-6-11(12)21-13/h4-7H,3H2,1-2H3,(H2,17,18,19,20). The zero-order valence-corrected chi connectivity index (χ0v) is 12.5. The van der Waals surface area contributed by atoms with Crippen LogP contribution in [-0.2, 0) is 6.42 Å². The molecule has 0 aliphatic heterocycles. The smallest absolute Gasteiger partial charge is 0.267 e. The third-order valence-electron chi connectivity index (χ3n) is 3.45. The van der Waals surface area contributed by atoms with Crippen LogP contribution in [0.1, 0.15) is 27.7 Å². The van der Waals surface area contributed by atoms with Gasteiger partial charge in [0.25, 0.3) is 5.91 Å². The highest BCUT2D eigenvalue weighted by atomic mass is 32.1. The zero-order valence-electron chi connectivity index (χ0n) is 11.7. The molecule has 2 heterocycles. The van der Waals surface area contributed by atoms with Gasteiger partial charge in [0.2, 0.25) is 0 Å². The lowest BCUT2D eigenvalue weighted by Gasteiger charge is -2.03. The fourth-order valence-corrected chi connectivity index (χ4v) is 3.45. The molecular weight excluding hydrogens is 289 g/mol. The van der Waals surface area contributed by atoms with Crippen LogP contribution in [0.4, 0.5) is 10.2 Å². The quantitative estimate of drug-likeness (QED) is 0.771. The van der Waals surface area contributed by atoms with E-state index in [1.807, 2.05) is 13.0 Å². The lowest BCUT2D eigenvalue weighted by molar-refractivity contribution is 0.102. The molecule has 4 nitrogen and oxygen atoms in total. The van der Waals surface area contributed by atoms with Gasteiger partial charge >= 0.3 is 0 Å². The minimum atomic E-state index is -0.295. The molecule has 3 aromatic rings. The zero-order chi connectivity index (χ0) is 15.0. The van der Waals surface area contributed by atoms with Crippen molar-refractivity contribution in [1.29, 1.82) is 0 Å². The van der Waals surface area contributed by atoms with Gasteiger partial charge in [0, 0.05) is 15.6 Å². The van der Waals surface area contributed by atoms with Gasteiger partial charge in [-0.1, -0.05) is 13.0 Å². The van der Waals surface area contributed by atoms with Gasteiger partial charge in [-0.05, 0) is 31.0 Å². The van der Waals surface area contributed by atoms with Crippen molar-refractivity contribution in [3.05, 3.63) is 46.2 Å². The van der Waals surface area contributed by atoms with E-state index >= 15 is 0 Å². The number of hydrogen-bond acceptors (Lipinski definition) is 3. The van der Waals surface area contributed by atoms with Crippen LogP contribution < -0.4 is 5.32 Å². The van der Waals surface area contributed by atoms with E-state index in [0.717, 1.165) is 16.7 Å². The van der Waals surface area contributed by atoms with Crippen molar-refractivity contribution in [3.63, 3.8) is 0 Å². The van der Waals surface area contributed by atoms with Crippen LogP contribution in [0.15, 0.2) is 24.4 Å². The van der Waals surface area contributed by atoms with E-state index in [1.54, 1.807) is 19.2 Å². The van der Waals surface area contributed by atoms with E-state index in [-0.39, 0.29) is 11.7 Å². The van der Waals surface area contributed by atoms with Gasteiger partial charge in [-0.15, -0.1) is 11.3 Å². The number of benzene rings is 1. The summed E-state index contributed by atoms with van der Waals surface area (Å²) in [5.74, 6) is 0.0583. The van der Waals surface area contributed by atoms with Gasteiger partial charge in [-0.25, -0.2) is 4.39 Å². The Bertz CT molecular complexity index is 822. The second kappa shape index (κ2) is 5.29. The molecule has 1 amide bonds. The minimum absolute atomic E-state index is 0.243. The van der Waals surface area contributed by atoms with Crippen LogP contribution in [0.3, 0.4) is 0 Å². The molecule has 0 saturated carbocycles. The highest BCUT2D eigenvalue weighted by molar-refractivity contribution is 7.21. The Morgan fingerprint density at radius 1 is 1.48 bits per heavy atom. The predicted molar refractivity (Wildman–Crippen MR) is 82.4 cm³/mol. The Morgan fingerprint density at radius 3 is 3.00 bits per heavy atom. The maximum absolute atomic E-state index is 13.9. The lowest BCUT2D eigenvalue weighted by Crippen LogP contribution is -2.12. The number of halogens is 1. The summed E-state index contributed by atoms with van der Waals surface area (Å²) in [4.78, 5) is 12.9. The van der Waals surface area contributed by atoms with Crippen LogP contribution in [0.5, 0.6) is 0 Å². The maximum Gasteiger partial charge on any atom is 0.267 e. The summed E-state index contributed by atoms with van der Waals surface area (Å²) in [6.07, 6.45) is 2.46. The fourth-order valence-electron chi connectivity index (χ4n) is 2.33. The van der Waals surface area contributed by atoms with Crippen LogP contribution in [-0.4, -0.2) is 16.1 Å².